The third-order valence-electron chi connectivity index (χ3n) is 3.60. The molecule has 0 saturated carbocycles. The molecule has 1 heterocycles. The number of rotatable bonds is 3. The van der Waals surface area contributed by atoms with Crippen LogP contribution in [0.5, 0.6) is 0 Å². The van der Waals surface area contributed by atoms with Gasteiger partial charge >= 0.3 is 0 Å². The van der Waals surface area contributed by atoms with E-state index in [0.717, 1.165) is 19.3 Å². The summed E-state index contributed by atoms with van der Waals surface area (Å²) in [5.41, 5.74) is 0. The van der Waals surface area contributed by atoms with Crippen LogP contribution >= 0.6 is 11.6 Å². The minimum Gasteiger partial charge on any atom is -0.207 e. The first-order valence-electron chi connectivity index (χ1n) is 6.29. The molecule has 0 N–H and O–H groups in total. The van der Waals surface area contributed by atoms with Gasteiger partial charge in [-0.2, -0.15) is 4.31 Å². The van der Waals surface area contributed by atoms with Gasteiger partial charge in [0.2, 0.25) is 10.0 Å². The standard InChI is InChI=1S/C13H18ClNO2S/c1-2-11-7-9-15(10-8-11)18(16,17)13-5-3-12(14)4-6-13/h3-6,11H,2,7-10H2,1H3. The van der Waals surface area contributed by atoms with E-state index < -0.39 is 10.0 Å². The maximum Gasteiger partial charge on any atom is 0.243 e. The predicted octanol–water partition coefficient (Wildman–Crippen LogP) is 3.15. The molecule has 1 saturated heterocycles. The summed E-state index contributed by atoms with van der Waals surface area (Å²) in [7, 11) is -3.34. The molecule has 0 spiro atoms. The third-order valence-corrected chi connectivity index (χ3v) is 5.77. The van der Waals surface area contributed by atoms with E-state index in [4.69, 9.17) is 11.6 Å². The van der Waals surface area contributed by atoms with Crippen LogP contribution in [0.1, 0.15) is 26.2 Å². The minimum atomic E-state index is -3.34. The van der Waals surface area contributed by atoms with Crippen LogP contribution in [-0.4, -0.2) is 25.8 Å². The fourth-order valence-corrected chi connectivity index (χ4v) is 3.91. The lowest BCUT2D eigenvalue weighted by Crippen LogP contribution is -2.38. The maximum absolute atomic E-state index is 12.4. The number of hydrogen-bond acceptors (Lipinski definition) is 2. The molecule has 1 fully saturated rings. The van der Waals surface area contributed by atoms with Crippen LogP contribution in [0.2, 0.25) is 5.02 Å². The van der Waals surface area contributed by atoms with Crippen molar-refractivity contribution in [1.29, 1.82) is 0 Å². The molecule has 1 aliphatic rings. The van der Waals surface area contributed by atoms with Gasteiger partial charge in [-0.1, -0.05) is 24.9 Å². The van der Waals surface area contributed by atoms with Gasteiger partial charge in [0.1, 0.15) is 0 Å². The molecular formula is C13H18ClNO2S. The molecule has 1 aromatic carbocycles. The number of halogens is 1. The molecule has 0 bridgehead atoms. The van der Waals surface area contributed by atoms with Crippen LogP contribution in [0.3, 0.4) is 0 Å². The lowest BCUT2D eigenvalue weighted by Gasteiger charge is -2.30. The Balaban J connectivity index is 2.15. The highest BCUT2D eigenvalue weighted by atomic mass is 35.5. The first-order valence-corrected chi connectivity index (χ1v) is 8.11. The van der Waals surface area contributed by atoms with Gasteiger partial charge in [-0.15, -0.1) is 0 Å². The van der Waals surface area contributed by atoms with Gasteiger partial charge in [-0.3, -0.25) is 0 Å². The van der Waals surface area contributed by atoms with Crippen LogP contribution in [0, 0.1) is 5.92 Å². The molecule has 1 aliphatic heterocycles. The van der Waals surface area contributed by atoms with E-state index in [9.17, 15) is 8.42 Å². The van der Waals surface area contributed by atoms with E-state index in [2.05, 4.69) is 6.92 Å². The van der Waals surface area contributed by atoms with Crippen molar-refractivity contribution < 1.29 is 8.42 Å². The molecule has 0 unspecified atom stereocenters. The Morgan fingerprint density at radius 2 is 1.78 bits per heavy atom. The molecular weight excluding hydrogens is 270 g/mol. The van der Waals surface area contributed by atoms with Crippen molar-refractivity contribution in [2.45, 2.75) is 31.1 Å². The SMILES string of the molecule is CCC1CCN(S(=O)(=O)c2ccc(Cl)cc2)CC1. The second kappa shape index (κ2) is 5.59. The average molecular weight is 288 g/mol. The Bertz CT molecular complexity index is 490. The number of piperidine rings is 1. The summed E-state index contributed by atoms with van der Waals surface area (Å²) in [6.07, 6.45) is 3.06. The van der Waals surface area contributed by atoms with Gasteiger partial charge in [-0.05, 0) is 43.0 Å². The normalized spacial score (nSPS) is 19.0. The summed E-state index contributed by atoms with van der Waals surface area (Å²) in [6.45, 7) is 3.42. The fraction of sp³-hybridized carbons (Fsp3) is 0.538. The smallest absolute Gasteiger partial charge is 0.207 e. The van der Waals surface area contributed by atoms with Crippen molar-refractivity contribution in [3.63, 3.8) is 0 Å². The van der Waals surface area contributed by atoms with E-state index in [1.165, 1.54) is 0 Å². The van der Waals surface area contributed by atoms with Crippen molar-refractivity contribution >= 4 is 21.6 Å². The van der Waals surface area contributed by atoms with E-state index >= 15 is 0 Å². The van der Waals surface area contributed by atoms with E-state index in [0.29, 0.717) is 28.9 Å². The first kappa shape index (κ1) is 13.8. The minimum absolute atomic E-state index is 0.335. The molecule has 0 atom stereocenters. The van der Waals surface area contributed by atoms with Crippen LogP contribution in [0.25, 0.3) is 0 Å². The number of nitrogens with zero attached hydrogens (tertiary/aromatic N) is 1. The lowest BCUT2D eigenvalue weighted by molar-refractivity contribution is 0.269. The van der Waals surface area contributed by atoms with Crippen molar-refractivity contribution in [2.75, 3.05) is 13.1 Å². The highest BCUT2D eigenvalue weighted by Crippen LogP contribution is 2.25. The quantitative estimate of drug-likeness (QED) is 0.856. The topological polar surface area (TPSA) is 37.4 Å². The molecule has 3 nitrogen and oxygen atoms in total. The molecule has 2 rings (SSSR count). The average Bonchev–Trinajstić information content (AvgIpc) is 2.39. The Labute approximate surface area is 114 Å². The zero-order valence-corrected chi connectivity index (χ0v) is 12.0. The molecule has 100 valence electrons. The van der Waals surface area contributed by atoms with Gasteiger partial charge in [-0.25, -0.2) is 8.42 Å². The summed E-state index contributed by atoms with van der Waals surface area (Å²) < 4.78 is 26.3. The van der Waals surface area contributed by atoms with Crippen molar-refractivity contribution in [3.05, 3.63) is 29.3 Å². The Hall–Kier alpha value is -0.580. The molecule has 0 aliphatic carbocycles. The van der Waals surface area contributed by atoms with Crippen LogP contribution < -0.4 is 0 Å². The highest BCUT2D eigenvalue weighted by Gasteiger charge is 2.28. The first-order chi connectivity index (χ1) is 8.54. The van der Waals surface area contributed by atoms with Crippen LogP contribution in [0.4, 0.5) is 0 Å². The maximum atomic E-state index is 12.4. The van der Waals surface area contributed by atoms with Gasteiger partial charge in [0.05, 0.1) is 4.90 Å². The largest absolute Gasteiger partial charge is 0.243 e. The number of benzene rings is 1. The summed E-state index contributed by atoms with van der Waals surface area (Å²) in [6, 6.07) is 6.38. The summed E-state index contributed by atoms with van der Waals surface area (Å²) >= 11 is 5.78. The number of hydrogen-bond donors (Lipinski definition) is 0. The van der Waals surface area contributed by atoms with Crippen LogP contribution in [0.15, 0.2) is 29.2 Å². The zero-order valence-electron chi connectivity index (χ0n) is 10.5. The Morgan fingerprint density at radius 1 is 1.22 bits per heavy atom. The van der Waals surface area contributed by atoms with Crippen molar-refractivity contribution in [1.82, 2.24) is 4.31 Å². The van der Waals surface area contributed by atoms with Crippen molar-refractivity contribution in [3.8, 4) is 0 Å². The van der Waals surface area contributed by atoms with Gasteiger partial charge < -0.3 is 0 Å². The highest BCUT2D eigenvalue weighted by molar-refractivity contribution is 7.89. The van der Waals surface area contributed by atoms with Gasteiger partial charge in [0.25, 0.3) is 0 Å². The third kappa shape index (κ3) is 2.87. The molecule has 0 aromatic heterocycles. The number of sulfonamides is 1. The Kier molecular flexibility index (Phi) is 4.30. The van der Waals surface area contributed by atoms with Gasteiger partial charge in [0, 0.05) is 18.1 Å². The predicted molar refractivity (Wildman–Crippen MR) is 73.2 cm³/mol. The Morgan fingerprint density at radius 3 is 2.28 bits per heavy atom. The van der Waals surface area contributed by atoms with Gasteiger partial charge in [0.15, 0.2) is 0 Å². The van der Waals surface area contributed by atoms with E-state index in [-0.39, 0.29) is 0 Å². The van der Waals surface area contributed by atoms with Crippen LogP contribution in [-0.2, 0) is 10.0 Å². The molecule has 0 radical (unpaired) electrons. The van der Waals surface area contributed by atoms with E-state index in [1.54, 1.807) is 28.6 Å². The van der Waals surface area contributed by atoms with Crippen molar-refractivity contribution in [2.24, 2.45) is 5.92 Å². The second-order valence-corrected chi connectivity index (χ2v) is 7.08. The lowest BCUT2D eigenvalue weighted by atomic mass is 9.96. The zero-order chi connectivity index (χ0) is 13.2. The summed E-state index contributed by atoms with van der Waals surface area (Å²) in [5, 5.41) is 0.554. The summed E-state index contributed by atoms with van der Waals surface area (Å²) in [4.78, 5) is 0.335. The van der Waals surface area contributed by atoms with E-state index in [1.807, 2.05) is 0 Å². The molecule has 0 amide bonds. The fourth-order valence-electron chi connectivity index (χ4n) is 2.31. The summed E-state index contributed by atoms with van der Waals surface area (Å²) in [5.74, 6) is 0.668. The molecule has 18 heavy (non-hydrogen) atoms. The molecule has 1 aromatic rings. The second-order valence-electron chi connectivity index (χ2n) is 4.71. The molecule has 5 heteroatoms. The monoisotopic (exact) mass is 287 g/mol.